The van der Waals surface area contributed by atoms with Crippen molar-refractivity contribution in [2.75, 3.05) is 11.9 Å². The summed E-state index contributed by atoms with van der Waals surface area (Å²) < 4.78 is 21.3. The van der Waals surface area contributed by atoms with Crippen LogP contribution in [0.25, 0.3) is 11.8 Å². The Morgan fingerprint density at radius 2 is 1.73 bits per heavy atom. The van der Waals surface area contributed by atoms with Gasteiger partial charge in [0.15, 0.2) is 0 Å². The predicted octanol–water partition coefficient (Wildman–Crippen LogP) is 6.49. The smallest absolute Gasteiger partial charge is 0.294 e. The number of ether oxygens (including phenoxy) is 1. The zero-order chi connectivity index (χ0) is 28.2. The van der Waals surface area contributed by atoms with Crippen molar-refractivity contribution in [1.82, 2.24) is 9.47 Å². The molecule has 1 fully saturated rings. The molecule has 1 aliphatic rings. The van der Waals surface area contributed by atoms with Gasteiger partial charge in [-0.1, -0.05) is 36.4 Å². The molecule has 0 atom stereocenters. The Morgan fingerprint density at radius 1 is 0.975 bits per heavy atom. The van der Waals surface area contributed by atoms with E-state index in [4.69, 9.17) is 4.74 Å². The van der Waals surface area contributed by atoms with Gasteiger partial charge in [0.05, 0.1) is 4.91 Å². The quantitative estimate of drug-likeness (QED) is 0.252. The molecule has 0 saturated carbocycles. The summed E-state index contributed by atoms with van der Waals surface area (Å²) in [6.07, 6.45) is 1.67. The van der Waals surface area contributed by atoms with Crippen LogP contribution in [0.1, 0.15) is 22.5 Å². The van der Waals surface area contributed by atoms with Crippen molar-refractivity contribution in [3.63, 3.8) is 0 Å². The zero-order valence-corrected chi connectivity index (χ0v) is 22.7. The molecule has 1 N–H and O–H groups in total. The average Bonchev–Trinajstić information content (AvgIpc) is 3.36. The largest absolute Gasteiger partial charge is 0.489 e. The van der Waals surface area contributed by atoms with E-state index in [0.29, 0.717) is 6.61 Å². The number of halogens is 1. The first kappa shape index (κ1) is 27.0. The van der Waals surface area contributed by atoms with Gasteiger partial charge in [-0.15, -0.1) is 0 Å². The number of rotatable bonds is 8. The number of carbonyl (C=O) groups excluding carboxylic acids is 3. The van der Waals surface area contributed by atoms with Gasteiger partial charge in [-0.3, -0.25) is 19.3 Å². The second-order valence-electron chi connectivity index (χ2n) is 9.26. The molecule has 0 aliphatic carbocycles. The Kier molecular flexibility index (Phi) is 7.84. The molecule has 4 aromatic rings. The monoisotopic (exact) mass is 555 g/mol. The second kappa shape index (κ2) is 11.6. The van der Waals surface area contributed by atoms with Gasteiger partial charge in [-0.05, 0) is 91.3 Å². The van der Waals surface area contributed by atoms with Gasteiger partial charge in [0.1, 0.15) is 24.7 Å². The number of aryl methyl sites for hydroxylation is 1. The number of nitrogens with zero attached hydrogens (tertiary/aromatic N) is 2. The Balaban J connectivity index is 1.28. The highest BCUT2D eigenvalue weighted by Gasteiger charge is 2.36. The normalized spacial score (nSPS) is 14.2. The van der Waals surface area contributed by atoms with E-state index in [2.05, 4.69) is 9.88 Å². The van der Waals surface area contributed by atoms with E-state index in [-0.39, 0.29) is 10.6 Å². The molecule has 3 aromatic carbocycles. The van der Waals surface area contributed by atoms with Crippen LogP contribution in [-0.4, -0.2) is 33.1 Å². The predicted molar refractivity (Wildman–Crippen MR) is 154 cm³/mol. The van der Waals surface area contributed by atoms with E-state index in [1.165, 1.54) is 18.2 Å². The maximum Gasteiger partial charge on any atom is 0.294 e. The van der Waals surface area contributed by atoms with Crippen LogP contribution in [-0.2, 0) is 16.2 Å². The van der Waals surface area contributed by atoms with Crippen molar-refractivity contribution in [3.8, 4) is 11.4 Å². The third-order valence-electron chi connectivity index (χ3n) is 6.38. The number of hydrogen-bond acceptors (Lipinski definition) is 5. The number of benzene rings is 3. The minimum Gasteiger partial charge on any atom is -0.489 e. The van der Waals surface area contributed by atoms with E-state index in [9.17, 15) is 18.8 Å². The Morgan fingerprint density at radius 3 is 2.45 bits per heavy atom. The first-order valence-electron chi connectivity index (χ1n) is 12.6. The number of anilines is 1. The first-order valence-corrected chi connectivity index (χ1v) is 13.4. The number of thioether (sulfide) groups is 1. The lowest BCUT2D eigenvalue weighted by Gasteiger charge is -2.12. The fraction of sp³-hybridized carbons (Fsp3) is 0.129. The topological polar surface area (TPSA) is 80.6 Å². The van der Waals surface area contributed by atoms with Crippen LogP contribution in [0.5, 0.6) is 5.75 Å². The molecule has 2 heterocycles. The van der Waals surface area contributed by atoms with Crippen molar-refractivity contribution in [3.05, 3.63) is 118 Å². The number of imide groups is 1. The van der Waals surface area contributed by atoms with E-state index in [0.717, 1.165) is 56.7 Å². The molecule has 3 amide bonds. The summed E-state index contributed by atoms with van der Waals surface area (Å²) in [4.78, 5) is 39.1. The fourth-order valence-corrected chi connectivity index (χ4v) is 5.28. The third kappa shape index (κ3) is 6.00. The average molecular weight is 556 g/mol. The lowest BCUT2D eigenvalue weighted by Crippen LogP contribution is -2.36. The standard InChI is InChI=1S/C31H26FN3O4S/c1-20-15-23(21(2)35(20)26-11-13-27(14-12-26)39-19-22-7-4-3-5-8-22)16-28-30(37)34(31(38)40-28)18-29(36)33-25-10-6-9-24(32)17-25/h3-17H,18-19H2,1-2H3,(H,33,36)/b28-16+. The van der Waals surface area contributed by atoms with E-state index in [1.54, 1.807) is 6.08 Å². The van der Waals surface area contributed by atoms with Crippen molar-refractivity contribution < 1.29 is 23.5 Å². The second-order valence-corrected chi connectivity index (χ2v) is 10.2. The minimum atomic E-state index is -0.594. The van der Waals surface area contributed by atoms with Crippen LogP contribution >= 0.6 is 11.8 Å². The lowest BCUT2D eigenvalue weighted by atomic mass is 10.2. The van der Waals surface area contributed by atoms with Gasteiger partial charge >= 0.3 is 0 Å². The molecule has 0 bridgehead atoms. The van der Waals surface area contributed by atoms with Crippen molar-refractivity contribution in [2.24, 2.45) is 0 Å². The molecule has 1 aromatic heterocycles. The van der Waals surface area contributed by atoms with Crippen LogP contribution in [0.15, 0.2) is 89.8 Å². The summed E-state index contributed by atoms with van der Waals surface area (Å²) in [6.45, 7) is 3.92. The van der Waals surface area contributed by atoms with Gasteiger partial charge in [0.25, 0.3) is 11.1 Å². The number of hydrogen-bond donors (Lipinski definition) is 1. The van der Waals surface area contributed by atoms with Crippen LogP contribution in [0.2, 0.25) is 0 Å². The number of aromatic nitrogens is 1. The van der Waals surface area contributed by atoms with E-state index >= 15 is 0 Å². The maximum absolute atomic E-state index is 13.4. The molecule has 9 heteroatoms. The van der Waals surface area contributed by atoms with Crippen LogP contribution in [0, 0.1) is 19.7 Å². The van der Waals surface area contributed by atoms with E-state index < -0.39 is 29.4 Å². The van der Waals surface area contributed by atoms with Gasteiger partial charge in [-0.2, -0.15) is 0 Å². The first-order chi connectivity index (χ1) is 19.3. The van der Waals surface area contributed by atoms with Gasteiger partial charge < -0.3 is 14.6 Å². The van der Waals surface area contributed by atoms with Crippen molar-refractivity contribution >= 4 is 40.6 Å². The summed E-state index contributed by atoms with van der Waals surface area (Å²) in [5, 5.41) is 1.97. The molecule has 202 valence electrons. The van der Waals surface area contributed by atoms with Crippen LogP contribution in [0.4, 0.5) is 14.9 Å². The highest BCUT2D eigenvalue weighted by Crippen LogP contribution is 2.34. The maximum atomic E-state index is 13.4. The van der Waals surface area contributed by atoms with Crippen molar-refractivity contribution in [1.29, 1.82) is 0 Å². The zero-order valence-electron chi connectivity index (χ0n) is 21.9. The minimum absolute atomic E-state index is 0.230. The van der Waals surface area contributed by atoms with Crippen LogP contribution < -0.4 is 10.1 Å². The molecular weight excluding hydrogens is 529 g/mol. The highest BCUT2D eigenvalue weighted by molar-refractivity contribution is 8.18. The SMILES string of the molecule is Cc1cc(/C=C2/SC(=O)N(CC(=O)Nc3cccc(F)c3)C2=O)c(C)n1-c1ccc(OCc2ccccc2)cc1. The molecule has 5 rings (SSSR count). The molecule has 0 unspecified atom stereocenters. The molecular formula is C31H26FN3O4S. The molecule has 0 radical (unpaired) electrons. The summed E-state index contributed by atoms with van der Waals surface area (Å²) in [7, 11) is 0. The number of nitrogens with one attached hydrogen (secondary N) is 1. The van der Waals surface area contributed by atoms with Gasteiger partial charge in [-0.25, -0.2) is 4.39 Å². The van der Waals surface area contributed by atoms with Gasteiger partial charge in [0.2, 0.25) is 5.91 Å². The Hall–Kier alpha value is -4.63. The number of amides is 3. The molecule has 40 heavy (non-hydrogen) atoms. The molecule has 7 nitrogen and oxygen atoms in total. The summed E-state index contributed by atoms with van der Waals surface area (Å²) in [5.41, 5.74) is 4.91. The van der Waals surface area contributed by atoms with Gasteiger partial charge in [0, 0.05) is 22.8 Å². The Labute approximate surface area is 235 Å². The van der Waals surface area contributed by atoms with Crippen LogP contribution in [0.3, 0.4) is 0 Å². The highest BCUT2D eigenvalue weighted by atomic mass is 32.2. The number of carbonyl (C=O) groups is 3. The van der Waals surface area contributed by atoms with Crippen molar-refractivity contribution in [2.45, 2.75) is 20.5 Å². The molecule has 1 aliphatic heterocycles. The lowest BCUT2D eigenvalue weighted by molar-refractivity contribution is -0.127. The molecule has 0 spiro atoms. The van der Waals surface area contributed by atoms with E-state index in [1.807, 2.05) is 74.5 Å². The summed E-state index contributed by atoms with van der Waals surface area (Å²) in [6, 6.07) is 25.0. The molecule has 1 saturated heterocycles. The third-order valence-corrected chi connectivity index (χ3v) is 7.29. The summed E-state index contributed by atoms with van der Waals surface area (Å²) >= 11 is 0.785. The fourth-order valence-electron chi connectivity index (χ4n) is 4.45. The summed E-state index contributed by atoms with van der Waals surface area (Å²) in [5.74, 6) is -0.889. The Bertz CT molecular complexity index is 1610.